The predicted octanol–water partition coefficient (Wildman–Crippen LogP) is 1.59. The molecular formula is C11H18BrN3O4S2. The number of thiophene rings is 1. The van der Waals surface area contributed by atoms with E-state index in [2.05, 4.69) is 21.1 Å². The quantitative estimate of drug-likeness (QED) is 0.298. The average Bonchev–Trinajstić information content (AvgIpc) is 2.77. The Morgan fingerprint density at radius 3 is 2.71 bits per heavy atom. The summed E-state index contributed by atoms with van der Waals surface area (Å²) in [5.41, 5.74) is 5.41. The van der Waals surface area contributed by atoms with Crippen LogP contribution in [0.4, 0.5) is 0 Å². The van der Waals surface area contributed by atoms with Gasteiger partial charge in [-0.05, 0) is 28.9 Å². The van der Waals surface area contributed by atoms with Gasteiger partial charge in [0.25, 0.3) is 0 Å². The van der Waals surface area contributed by atoms with Crippen LogP contribution in [0, 0.1) is 6.92 Å². The van der Waals surface area contributed by atoms with Crippen LogP contribution in [0.3, 0.4) is 0 Å². The Bertz CT molecular complexity index is 601. The molecule has 0 radical (unpaired) electrons. The third-order valence-corrected chi connectivity index (χ3v) is 6.46. The lowest BCUT2D eigenvalue weighted by Gasteiger charge is -2.21. The SMILES string of the molecule is COCCN(CC/C(N)=N/O)S(=O)(=O)c1cc(Br)sc1C. The molecule has 1 aromatic heterocycles. The number of ether oxygens (including phenoxy) is 1. The van der Waals surface area contributed by atoms with Crippen LogP contribution >= 0.6 is 27.3 Å². The summed E-state index contributed by atoms with van der Waals surface area (Å²) in [6.45, 7) is 2.33. The number of rotatable bonds is 8. The van der Waals surface area contributed by atoms with E-state index < -0.39 is 10.0 Å². The van der Waals surface area contributed by atoms with Crippen molar-refractivity contribution in [1.29, 1.82) is 0 Å². The summed E-state index contributed by atoms with van der Waals surface area (Å²) in [5.74, 6) is -0.0177. The molecule has 0 fully saturated rings. The largest absolute Gasteiger partial charge is 0.409 e. The topological polar surface area (TPSA) is 105 Å². The molecule has 21 heavy (non-hydrogen) atoms. The first-order valence-electron chi connectivity index (χ1n) is 6.04. The molecule has 1 aromatic rings. The number of methoxy groups -OCH3 is 1. The summed E-state index contributed by atoms with van der Waals surface area (Å²) >= 11 is 4.65. The molecule has 0 saturated carbocycles. The zero-order valence-corrected chi connectivity index (χ0v) is 15.0. The summed E-state index contributed by atoms with van der Waals surface area (Å²) in [4.78, 5) is 0.961. The van der Waals surface area contributed by atoms with E-state index in [1.54, 1.807) is 13.0 Å². The van der Waals surface area contributed by atoms with E-state index in [1.165, 1.54) is 22.8 Å². The maximum absolute atomic E-state index is 12.7. The molecule has 3 N–H and O–H groups in total. The molecule has 0 aliphatic heterocycles. The summed E-state index contributed by atoms with van der Waals surface area (Å²) in [6.07, 6.45) is 0.143. The zero-order valence-electron chi connectivity index (χ0n) is 11.7. The average molecular weight is 400 g/mol. The van der Waals surface area contributed by atoms with Crippen molar-refractivity contribution in [2.24, 2.45) is 10.9 Å². The number of aryl methyl sites for hydroxylation is 1. The van der Waals surface area contributed by atoms with E-state index in [4.69, 9.17) is 15.7 Å². The third kappa shape index (κ3) is 4.92. The number of halogens is 1. The van der Waals surface area contributed by atoms with Crippen molar-refractivity contribution < 1.29 is 18.4 Å². The maximum Gasteiger partial charge on any atom is 0.244 e. The van der Waals surface area contributed by atoms with Crippen molar-refractivity contribution in [1.82, 2.24) is 4.31 Å². The lowest BCUT2D eigenvalue weighted by Crippen LogP contribution is -2.36. The van der Waals surface area contributed by atoms with Crippen molar-refractivity contribution in [3.63, 3.8) is 0 Å². The minimum Gasteiger partial charge on any atom is -0.409 e. The number of amidine groups is 1. The first kappa shape index (κ1) is 18.4. The Labute approximate surface area is 136 Å². The monoisotopic (exact) mass is 399 g/mol. The van der Waals surface area contributed by atoms with E-state index in [-0.39, 0.29) is 36.8 Å². The minimum atomic E-state index is -3.65. The number of sulfonamides is 1. The predicted molar refractivity (Wildman–Crippen MR) is 85.4 cm³/mol. The molecule has 0 aliphatic carbocycles. The molecule has 1 rings (SSSR count). The highest BCUT2D eigenvalue weighted by atomic mass is 79.9. The van der Waals surface area contributed by atoms with E-state index in [1.807, 2.05) is 0 Å². The fourth-order valence-electron chi connectivity index (χ4n) is 1.66. The highest BCUT2D eigenvalue weighted by Gasteiger charge is 2.27. The highest BCUT2D eigenvalue weighted by molar-refractivity contribution is 9.11. The van der Waals surface area contributed by atoms with Crippen molar-refractivity contribution >= 4 is 43.1 Å². The Kier molecular flexibility index (Phi) is 7.07. The van der Waals surface area contributed by atoms with Gasteiger partial charge in [0.15, 0.2) is 0 Å². The van der Waals surface area contributed by atoms with Gasteiger partial charge < -0.3 is 15.7 Å². The van der Waals surface area contributed by atoms with Gasteiger partial charge in [0.2, 0.25) is 10.0 Å². The molecule has 0 atom stereocenters. The van der Waals surface area contributed by atoms with Crippen molar-refractivity contribution in [3.05, 3.63) is 14.7 Å². The van der Waals surface area contributed by atoms with Gasteiger partial charge in [-0.25, -0.2) is 8.42 Å². The number of hydrogen-bond donors (Lipinski definition) is 2. The zero-order chi connectivity index (χ0) is 16.0. The van der Waals surface area contributed by atoms with Crippen LogP contribution in [0.25, 0.3) is 0 Å². The smallest absolute Gasteiger partial charge is 0.244 e. The Balaban J connectivity index is 3.02. The fraction of sp³-hybridized carbons (Fsp3) is 0.545. The van der Waals surface area contributed by atoms with E-state index >= 15 is 0 Å². The van der Waals surface area contributed by atoms with Crippen LogP contribution in [0.15, 0.2) is 19.9 Å². The molecule has 0 aromatic carbocycles. The van der Waals surface area contributed by atoms with Gasteiger partial charge in [0.1, 0.15) is 5.84 Å². The number of nitrogens with zero attached hydrogens (tertiary/aromatic N) is 2. The van der Waals surface area contributed by atoms with Crippen LogP contribution in [-0.2, 0) is 14.8 Å². The first-order chi connectivity index (χ1) is 9.82. The standard InChI is InChI=1S/C11H18BrN3O4S2/c1-8-9(7-10(12)20-8)21(17,18)15(5-6-19-2)4-3-11(13)14-16/h7,16H,3-6H2,1-2H3,(H2,13,14). The van der Waals surface area contributed by atoms with Gasteiger partial charge >= 0.3 is 0 Å². The first-order valence-corrected chi connectivity index (χ1v) is 9.09. The third-order valence-electron chi connectivity index (χ3n) is 2.75. The normalized spacial score (nSPS) is 13.0. The van der Waals surface area contributed by atoms with Crippen LogP contribution in [0.2, 0.25) is 0 Å². The molecule has 120 valence electrons. The van der Waals surface area contributed by atoms with Crippen molar-refractivity contribution in [2.45, 2.75) is 18.2 Å². The second kappa shape index (κ2) is 8.08. The second-order valence-electron chi connectivity index (χ2n) is 4.21. The van der Waals surface area contributed by atoms with E-state index in [9.17, 15) is 8.42 Å². The van der Waals surface area contributed by atoms with Gasteiger partial charge in [0, 0.05) is 31.5 Å². The Hall–Kier alpha value is -0.680. The Morgan fingerprint density at radius 1 is 1.57 bits per heavy atom. The molecule has 0 spiro atoms. The van der Waals surface area contributed by atoms with Gasteiger partial charge in [-0.1, -0.05) is 5.16 Å². The fourth-order valence-corrected chi connectivity index (χ4v) is 5.47. The van der Waals surface area contributed by atoms with Crippen LogP contribution in [-0.4, -0.2) is 50.6 Å². The van der Waals surface area contributed by atoms with Gasteiger partial charge in [-0.3, -0.25) is 0 Å². The summed E-state index contributed by atoms with van der Waals surface area (Å²) < 4.78 is 32.3. The number of hydrogen-bond acceptors (Lipinski definition) is 6. The number of nitrogens with two attached hydrogens (primary N) is 1. The van der Waals surface area contributed by atoms with Gasteiger partial charge in [-0.15, -0.1) is 11.3 Å². The summed E-state index contributed by atoms with van der Waals surface area (Å²) in [6, 6.07) is 1.58. The van der Waals surface area contributed by atoms with Crippen LogP contribution < -0.4 is 5.73 Å². The second-order valence-corrected chi connectivity index (χ2v) is 8.75. The van der Waals surface area contributed by atoms with E-state index in [0.29, 0.717) is 4.88 Å². The van der Waals surface area contributed by atoms with Gasteiger partial charge in [0.05, 0.1) is 15.3 Å². The van der Waals surface area contributed by atoms with E-state index in [0.717, 1.165) is 3.79 Å². The van der Waals surface area contributed by atoms with Crippen molar-refractivity contribution in [2.75, 3.05) is 26.8 Å². The lowest BCUT2D eigenvalue weighted by molar-refractivity contribution is 0.179. The molecule has 0 bridgehead atoms. The van der Waals surface area contributed by atoms with Crippen molar-refractivity contribution in [3.8, 4) is 0 Å². The summed E-state index contributed by atoms with van der Waals surface area (Å²) in [5, 5.41) is 11.4. The summed E-state index contributed by atoms with van der Waals surface area (Å²) in [7, 11) is -2.14. The van der Waals surface area contributed by atoms with Gasteiger partial charge in [-0.2, -0.15) is 4.31 Å². The maximum atomic E-state index is 12.7. The highest BCUT2D eigenvalue weighted by Crippen LogP contribution is 2.31. The molecule has 0 saturated heterocycles. The molecule has 7 nitrogen and oxygen atoms in total. The lowest BCUT2D eigenvalue weighted by atomic mass is 10.4. The minimum absolute atomic E-state index is 0.0177. The molecular weight excluding hydrogens is 382 g/mol. The van der Waals surface area contributed by atoms with Crippen LogP contribution in [0.1, 0.15) is 11.3 Å². The molecule has 0 aliphatic rings. The molecule has 10 heteroatoms. The Morgan fingerprint density at radius 2 is 2.24 bits per heavy atom. The molecule has 1 heterocycles. The molecule has 0 unspecified atom stereocenters. The number of oxime groups is 1. The molecule has 0 amide bonds. The van der Waals surface area contributed by atoms with Crippen LogP contribution in [0.5, 0.6) is 0 Å².